The van der Waals surface area contributed by atoms with Gasteiger partial charge in [-0.25, -0.2) is 0 Å². The molecule has 1 unspecified atom stereocenters. The van der Waals surface area contributed by atoms with E-state index >= 15 is 0 Å². The summed E-state index contributed by atoms with van der Waals surface area (Å²) >= 11 is 7.44. The molecule has 0 saturated carbocycles. The number of aryl methyl sites for hydroxylation is 1. The maximum Gasteiger partial charge on any atom is 0.161 e. The van der Waals surface area contributed by atoms with Crippen LogP contribution in [0.25, 0.3) is 0 Å². The molecule has 0 aromatic heterocycles. The average molecular weight is 412 g/mol. The molecule has 3 rings (SSSR count). The van der Waals surface area contributed by atoms with E-state index in [2.05, 4.69) is 69.1 Å². The minimum atomic E-state index is 0.115. The van der Waals surface area contributed by atoms with Gasteiger partial charge in [-0.2, -0.15) is 0 Å². The summed E-state index contributed by atoms with van der Waals surface area (Å²) in [7, 11) is 0. The highest BCUT2D eigenvalue weighted by Crippen LogP contribution is 2.39. The summed E-state index contributed by atoms with van der Waals surface area (Å²) in [6, 6.07) is 12.5. The van der Waals surface area contributed by atoms with E-state index < -0.39 is 0 Å². The van der Waals surface area contributed by atoms with Crippen molar-refractivity contribution in [2.24, 2.45) is 0 Å². The fraction of sp³-hybridized carbons (Fsp3) is 0.294. The standard InChI is InChI=1S/C17H16Br2O2/c1-11-3-5-13(14(18)9-11)17(19)12-4-6-15-16(10-12)21-8-2-7-20-15/h3-6,9-10,17H,2,7-8H2,1H3. The third-order valence-electron chi connectivity index (χ3n) is 3.49. The van der Waals surface area contributed by atoms with Crippen molar-refractivity contribution in [1.82, 2.24) is 0 Å². The van der Waals surface area contributed by atoms with Crippen molar-refractivity contribution in [2.75, 3.05) is 13.2 Å². The fourth-order valence-corrected chi connectivity index (χ4v) is 4.07. The molecule has 1 atom stereocenters. The minimum Gasteiger partial charge on any atom is -0.490 e. The Morgan fingerprint density at radius 3 is 2.52 bits per heavy atom. The van der Waals surface area contributed by atoms with Crippen molar-refractivity contribution in [2.45, 2.75) is 18.2 Å². The van der Waals surface area contributed by atoms with Gasteiger partial charge >= 0.3 is 0 Å². The van der Waals surface area contributed by atoms with Crippen LogP contribution < -0.4 is 9.47 Å². The predicted molar refractivity (Wildman–Crippen MR) is 91.7 cm³/mol. The van der Waals surface area contributed by atoms with E-state index in [9.17, 15) is 0 Å². The lowest BCUT2D eigenvalue weighted by Crippen LogP contribution is -1.98. The first-order chi connectivity index (χ1) is 10.1. The van der Waals surface area contributed by atoms with Gasteiger partial charge in [0.2, 0.25) is 0 Å². The normalized spacial score (nSPS) is 15.4. The second-order valence-corrected chi connectivity index (χ2v) is 6.91. The molecule has 0 saturated heterocycles. The smallest absolute Gasteiger partial charge is 0.161 e. The van der Waals surface area contributed by atoms with Gasteiger partial charge in [-0.05, 0) is 41.8 Å². The Balaban J connectivity index is 1.94. The molecule has 0 amide bonds. The quantitative estimate of drug-likeness (QED) is 0.615. The lowest BCUT2D eigenvalue weighted by molar-refractivity contribution is 0.297. The largest absolute Gasteiger partial charge is 0.490 e. The number of benzene rings is 2. The lowest BCUT2D eigenvalue weighted by Gasteiger charge is -2.15. The first kappa shape index (κ1) is 14.9. The van der Waals surface area contributed by atoms with Crippen molar-refractivity contribution in [1.29, 1.82) is 0 Å². The molecule has 110 valence electrons. The first-order valence-electron chi connectivity index (χ1n) is 6.95. The SMILES string of the molecule is Cc1ccc(C(Br)c2ccc3c(c2)OCCCO3)c(Br)c1. The van der Waals surface area contributed by atoms with Crippen LogP contribution in [0.3, 0.4) is 0 Å². The van der Waals surface area contributed by atoms with Crippen LogP contribution in [-0.4, -0.2) is 13.2 Å². The Morgan fingerprint density at radius 1 is 1.00 bits per heavy atom. The molecule has 0 N–H and O–H groups in total. The van der Waals surface area contributed by atoms with Crippen molar-refractivity contribution < 1.29 is 9.47 Å². The van der Waals surface area contributed by atoms with Gasteiger partial charge in [0.15, 0.2) is 11.5 Å². The summed E-state index contributed by atoms with van der Waals surface area (Å²) in [6.45, 7) is 3.51. The number of fused-ring (bicyclic) bond motifs is 1. The number of rotatable bonds is 2. The number of alkyl halides is 1. The number of halogens is 2. The van der Waals surface area contributed by atoms with Crippen LogP contribution in [0.15, 0.2) is 40.9 Å². The van der Waals surface area contributed by atoms with E-state index in [0.717, 1.165) is 28.0 Å². The van der Waals surface area contributed by atoms with E-state index in [4.69, 9.17) is 9.47 Å². The van der Waals surface area contributed by atoms with Gasteiger partial charge in [0, 0.05) is 10.9 Å². The fourth-order valence-electron chi connectivity index (χ4n) is 2.35. The van der Waals surface area contributed by atoms with Gasteiger partial charge in [0.1, 0.15) is 0 Å². The zero-order chi connectivity index (χ0) is 14.8. The molecule has 2 aromatic carbocycles. The Bertz CT molecular complexity index is 655. The van der Waals surface area contributed by atoms with Crippen LogP contribution in [-0.2, 0) is 0 Å². The molecule has 0 radical (unpaired) electrons. The van der Waals surface area contributed by atoms with E-state index in [1.54, 1.807) is 0 Å². The van der Waals surface area contributed by atoms with Crippen molar-refractivity contribution in [3.05, 3.63) is 57.6 Å². The molecule has 21 heavy (non-hydrogen) atoms. The van der Waals surface area contributed by atoms with Gasteiger partial charge in [-0.1, -0.05) is 50.1 Å². The molecule has 2 nitrogen and oxygen atoms in total. The van der Waals surface area contributed by atoms with Gasteiger partial charge in [0.05, 0.1) is 18.0 Å². The topological polar surface area (TPSA) is 18.5 Å². The van der Waals surface area contributed by atoms with Crippen LogP contribution >= 0.6 is 31.9 Å². The van der Waals surface area contributed by atoms with Crippen LogP contribution in [0.1, 0.15) is 27.9 Å². The number of hydrogen-bond acceptors (Lipinski definition) is 2. The molecule has 0 bridgehead atoms. The molecular weight excluding hydrogens is 396 g/mol. The summed E-state index contributed by atoms with van der Waals surface area (Å²) in [6.07, 6.45) is 0.922. The second-order valence-electron chi connectivity index (χ2n) is 5.14. The van der Waals surface area contributed by atoms with Crippen LogP contribution in [0.2, 0.25) is 0 Å². The molecular formula is C17H16Br2O2. The van der Waals surface area contributed by atoms with Gasteiger partial charge in [-0.3, -0.25) is 0 Å². The molecule has 1 aliphatic rings. The Labute approximate surface area is 141 Å². The third-order valence-corrected chi connectivity index (χ3v) is 5.20. The van der Waals surface area contributed by atoms with E-state index in [-0.39, 0.29) is 4.83 Å². The first-order valence-corrected chi connectivity index (χ1v) is 8.65. The average Bonchev–Trinajstić information content (AvgIpc) is 2.71. The highest BCUT2D eigenvalue weighted by atomic mass is 79.9. The summed E-state index contributed by atoms with van der Waals surface area (Å²) < 4.78 is 12.6. The second kappa shape index (κ2) is 6.41. The zero-order valence-electron chi connectivity index (χ0n) is 11.7. The maximum atomic E-state index is 5.77. The Hall–Kier alpha value is -1.00. The maximum absolute atomic E-state index is 5.77. The monoisotopic (exact) mass is 410 g/mol. The van der Waals surface area contributed by atoms with Gasteiger partial charge in [0.25, 0.3) is 0 Å². The van der Waals surface area contributed by atoms with Crippen molar-refractivity contribution in [3.63, 3.8) is 0 Å². The van der Waals surface area contributed by atoms with Crippen LogP contribution in [0.5, 0.6) is 11.5 Å². The van der Waals surface area contributed by atoms with E-state index in [1.165, 1.54) is 11.1 Å². The Morgan fingerprint density at radius 2 is 1.76 bits per heavy atom. The molecule has 0 spiro atoms. The Kier molecular flexibility index (Phi) is 4.55. The van der Waals surface area contributed by atoms with Crippen molar-refractivity contribution in [3.8, 4) is 11.5 Å². The number of hydrogen-bond donors (Lipinski definition) is 0. The molecule has 4 heteroatoms. The highest BCUT2D eigenvalue weighted by molar-refractivity contribution is 9.11. The highest BCUT2D eigenvalue weighted by Gasteiger charge is 2.17. The summed E-state index contributed by atoms with van der Waals surface area (Å²) in [5, 5.41) is 0. The van der Waals surface area contributed by atoms with Gasteiger partial charge < -0.3 is 9.47 Å². The molecule has 1 heterocycles. The third kappa shape index (κ3) is 3.27. The van der Waals surface area contributed by atoms with Crippen molar-refractivity contribution >= 4 is 31.9 Å². The molecule has 2 aromatic rings. The van der Waals surface area contributed by atoms with E-state index in [0.29, 0.717) is 13.2 Å². The lowest BCUT2D eigenvalue weighted by atomic mass is 10.0. The summed E-state index contributed by atoms with van der Waals surface area (Å²) in [5.41, 5.74) is 3.60. The minimum absolute atomic E-state index is 0.115. The summed E-state index contributed by atoms with van der Waals surface area (Å²) in [5.74, 6) is 1.66. The molecule has 0 fully saturated rings. The molecule has 1 aliphatic heterocycles. The van der Waals surface area contributed by atoms with Crippen LogP contribution in [0.4, 0.5) is 0 Å². The zero-order valence-corrected chi connectivity index (χ0v) is 14.9. The van der Waals surface area contributed by atoms with E-state index in [1.807, 2.05) is 6.07 Å². The van der Waals surface area contributed by atoms with Crippen LogP contribution in [0, 0.1) is 6.92 Å². The molecule has 0 aliphatic carbocycles. The summed E-state index contributed by atoms with van der Waals surface area (Å²) in [4.78, 5) is 0.115. The van der Waals surface area contributed by atoms with Gasteiger partial charge in [-0.15, -0.1) is 0 Å². The number of ether oxygens (including phenoxy) is 2. The predicted octanol–water partition coefficient (Wildman–Crippen LogP) is 5.40.